The number of nitrogens with zero attached hydrogens (tertiary/aromatic N) is 3. The largest absolute Gasteiger partial charge is 0.480 e. The molecule has 1 saturated carbocycles. The van der Waals surface area contributed by atoms with Crippen LogP contribution >= 0.6 is 0 Å². The van der Waals surface area contributed by atoms with Gasteiger partial charge in [0.05, 0.1) is 0 Å². The van der Waals surface area contributed by atoms with Gasteiger partial charge in [-0.25, -0.2) is 4.79 Å². The fourth-order valence-electron chi connectivity index (χ4n) is 4.19. The summed E-state index contributed by atoms with van der Waals surface area (Å²) >= 11 is 0. The van der Waals surface area contributed by atoms with E-state index in [-0.39, 0.29) is 6.03 Å². The second-order valence-electron chi connectivity index (χ2n) is 7.51. The molecule has 3 rings (SSSR count). The number of aliphatic carboxylic acids is 1. The summed E-state index contributed by atoms with van der Waals surface area (Å²) in [6.07, 6.45) is 4.59. The number of hydrogen-bond donors (Lipinski definition) is 1. The van der Waals surface area contributed by atoms with Crippen LogP contribution in [-0.4, -0.2) is 71.1 Å². The van der Waals surface area contributed by atoms with Gasteiger partial charge in [-0.05, 0) is 25.3 Å². The van der Waals surface area contributed by atoms with E-state index in [1.807, 2.05) is 52.9 Å². The Morgan fingerprint density at radius 2 is 1.81 bits per heavy atom. The lowest BCUT2D eigenvalue weighted by Gasteiger charge is -2.40. The molecule has 6 nitrogen and oxygen atoms in total. The number of benzene rings is 1. The minimum Gasteiger partial charge on any atom is -0.480 e. The van der Waals surface area contributed by atoms with Crippen molar-refractivity contribution in [1.29, 1.82) is 0 Å². The van der Waals surface area contributed by atoms with Crippen LogP contribution in [0.1, 0.15) is 42.9 Å². The number of aryl methyl sites for hydroxylation is 1. The number of amides is 2. The summed E-state index contributed by atoms with van der Waals surface area (Å²) in [5, 5.41) is 9.75. The molecule has 26 heavy (non-hydrogen) atoms. The van der Waals surface area contributed by atoms with Gasteiger partial charge in [-0.3, -0.25) is 9.69 Å². The fourth-order valence-corrected chi connectivity index (χ4v) is 4.19. The summed E-state index contributed by atoms with van der Waals surface area (Å²) in [7, 11) is 1.90. The van der Waals surface area contributed by atoms with Crippen LogP contribution in [0.5, 0.6) is 0 Å². The van der Waals surface area contributed by atoms with Crippen LogP contribution in [0.15, 0.2) is 24.3 Å². The first kappa shape index (κ1) is 18.7. The van der Waals surface area contributed by atoms with E-state index in [0.717, 1.165) is 24.0 Å². The molecule has 2 fully saturated rings. The number of carbonyl (C=O) groups excluding carboxylic acids is 1. The molecular formula is C20H29N3O3. The molecule has 1 aromatic carbocycles. The summed E-state index contributed by atoms with van der Waals surface area (Å²) in [6.45, 7) is 4.28. The highest BCUT2D eigenvalue weighted by molar-refractivity contribution is 5.76. The van der Waals surface area contributed by atoms with Crippen molar-refractivity contribution in [3.05, 3.63) is 35.4 Å². The number of urea groups is 1. The maximum atomic E-state index is 12.7. The minimum atomic E-state index is -0.835. The number of carbonyl (C=O) groups is 2. The highest BCUT2D eigenvalue weighted by Gasteiger charge is 2.33. The predicted molar refractivity (Wildman–Crippen MR) is 100 cm³/mol. The van der Waals surface area contributed by atoms with E-state index in [4.69, 9.17) is 0 Å². The molecule has 0 aromatic heterocycles. The van der Waals surface area contributed by atoms with Gasteiger partial charge in [-0.1, -0.05) is 42.7 Å². The third-order valence-electron chi connectivity index (χ3n) is 5.72. The average Bonchev–Trinajstić information content (AvgIpc) is 3.16. The van der Waals surface area contributed by atoms with Crippen molar-refractivity contribution < 1.29 is 14.7 Å². The predicted octanol–water partition coefficient (Wildman–Crippen LogP) is 2.73. The Kier molecular flexibility index (Phi) is 5.81. The topological polar surface area (TPSA) is 64.1 Å². The first-order chi connectivity index (χ1) is 12.5. The Hall–Kier alpha value is -2.08. The Morgan fingerprint density at radius 3 is 2.38 bits per heavy atom. The number of piperazine rings is 1. The molecule has 0 bridgehead atoms. The summed E-state index contributed by atoms with van der Waals surface area (Å²) in [6, 6.07) is 7.47. The third kappa shape index (κ3) is 4.01. The Balaban J connectivity index is 1.62. The molecular weight excluding hydrogens is 330 g/mol. The van der Waals surface area contributed by atoms with Crippen molar-refractivity contribution in [1.82, 2.24) is 14.7 Å². The molecule has 1 heterocycles. The maximum absolute atomic E-state index is 12.7. The van der Waals surface area contributed by atoms with Crippen LogP contribution < -0.4 is 0 Å². The van der Waals surface area contributed by atoms with Crippen molar-refractivity contribution in [2.75, 3.05) is 33.2 Å². The normalized spacial score (nSPS) is 20.2. The van der Waals surface area contributed by atoms with E-state index in [2.05, 4.69) is 0 Å². The highest BCUT2D eigenvalue weighted by atomic mass is 16.4. The van der Waals surface area contributed by atoms with Crippen LogP contribution in [0, 0.1) is 6.92 Å². The van der Waals surface area contributed by atoms with Crippen molar-refractivity contribution in [3.8, 4) is 0 Å². The van der Waals surface area contributed by atoms with Crippen molar-refractivity contribution in [2.45, 2.75) is 44.7 Å². The van der Waals surface area contributed by atoms with E-state index >= 15 is 0 Å². The molecule has 0 spiro atoms. The SMILES string of the molecule is Cc1cccc(C(C(=O)O)N2CCN(C(=O)N(C)C3CCCC3)CC2)c1. The Labute approximate surface area is 155 Å². The maximum Gasteiger partial charge on any atom is 0.325 e. The van der Waals surface area contributed by atoms with E-state index in [1.165, 1.54) is 12.8 Å². The Morgan fingerprint density at radius 1 is 1.15 bits per heavy atom. The van der Waals surface area contributed by atoms with Gasteiger partial charge in [-0.2, -0.15) is 0 Å². The molecule has 1 unspecified atom stereocenters. The number of carboxylic acid groups (broad SMARTS) is 1. The highest BCUT2D eigenvalue weighted by Crippen LogP contribution is 2.26. The molecule has 142 valence electrons. The molecule has 2 aliphatic rings. The van der Waals surface area contributed by atoms with Crippen LogP contribution in [0.3, 0.4) is 0 Å². The molecule has 1 atom stereocenters. The van der Waals surface area contributed by atoms with Gasteiger partial charge >= 0.3 is 12.0 Å². The first-order valence-electron chi connectivity index (χ1n) is 9.52. The second-order valence-corrected chi connectivity index (χ2v) is 7.51. The van der Waals surface area contributed by atoms with Gasteiger partial charge in [0.1, 0.15) is 6.04 Å². The third-order valence-corrected chi connectivity index (χ3v) is 5.72. The lowest BCUT2D eigenvalue weighted by Crippen LogP contribution is -2.54. The minimum absolute atomic E-state index is 0.0824. The van der Waals surface area contributed by atoms with Crippen LogP contribution in [0.25, 0.3) is 0 Å². The van der Waals surface area contributed by atoms with Gasteiger partial charge in [0.2, 0.25) is 0 Å². The van der Waals surface area contributed by atoms with Crippen LogP contribution in [0.2, 0.25) is 0 Å². The fraction of sp³-hybridized carbons (Fsp3) is 0.600. The molecule has 1 aliphatic carbocycles. The van der Waals surface area contributed by atoms with Crippen LogP contribution in [-0.2, 0) is 4.79 Å². The van der Waals surface area contributed by atoms with Crippen molar-refractivity contribution >= 4 is 12.0 Å². The van der Waals surface area contributed by atoms with E-state index in [0.29, 0.717) is 32.2 Å². The Bertz CT molecular complexity index is 649. The lowest BCUT2D eigenvalue weighted by atomic mass is 10.0. The quantitative estimate of drug-likeness (QED) is 0.898. The standard InChI is InChI=1S/C20H29N3O3/c1-15-6-5-7-16(14-15)18(19(24)25)22-10-12-23(13-11-22)20(26)21(2)17-8-3-4-9-17/h5-7,14,17-18H,3-4,8-13H2,1-2H3,(H,24,25). The van der Waals surface area contributed by atoms with Gasteiger partial charge in [0.25, 0.3) is 0 Å². The second kappa shape index (κ2) is 8.08. The summed E-state index contributed by atoms with van der Waals surface area (Å²) < 4.78 is 0. The van der Waals surface area contributed by atoms with Crippen molar-refractivity contribution in [2.24, 2.45) is 0 Å². The molecule has 1 aliphatic heterocycles. The number of carboxylic acids is 1. The molecule has 1 N–H and O–H groups in total. The van der Waals surface area contributed by atoms with Gasteiger partial charge in [0, 0.05) is 39.3 Å². The molecule has 6 heteroatoms. The zero-order valence-electron chi connectivity index (χ0n) is 15.7. The first-order valence-corrected chi connectivity index (χ1v) is 9.52. The van der Waals surface area contributed by atoms with E-state index in [9.17, 15) is 14.7 Å². The number of rotatable bonds is 4. The molecule has 2 amide bonds. The summed E-state index contributed by atoms with van der Waals surface area (Å²) in [5.41, 5.74) is 1.86. The van der Waals surface area contributed by atoms with Gasteiger partial charge in [-0.15, -0.1) is 0 Å². The monoisotopic (exact) mass is 359 g/mol. The van der Waals surface area contributed by atoms with Gasteiger partial charge < -0.3 is 14.9 Å². The summed E-state index contributed by atoms with van der Waals surface area (Å²) in [5.74, 6) is -0.835. The van der Waals surface area contributed by atoms with E-state index < -0.39 is 12.0 Å². The zero-order chi connectivity index (χ0) is 18.7. The van der Waals surface area contributed by atoms with Crippen molar-refractivity contribution in [3.63, 3.8) is 0 Å². The lowest BCUT2D eigenvalue weighted by molar-refractivity contribution is -0.144. The smallest absolute Gasteiger partial charge is 0.325 e. The molecule has 1 saturated heterocycles. The molecule has 1 aromatic rings. The van der Waals surface area contributed by atoms with Gasteiger partial charge in [0.15, 0.2) is 0 Å². The van der Waals surface area contributed by atoms with E-state index in [1.54, 1.807) is 0 Å². The summed E-state index contributed by atoms with van der Waals surface area (Å²) in [4.78, 5) is 30.3. The number of hydrogen-bond acceptors (Lipinski definition) is 3. The zero-order valence-corrected chi connectivity index (χ0v) is 15.7. The average molecular weight is 359 g/mol. The molecule has 0 radical (unpaired) electrons. The van der Waals surface area contributed by atoms with Crippen LogP contribution in [0.4, 0.5) is 4.79 Å².